The number of fused-ring (bicyclic) bond motifs is 1. The summed E-state index contributed by atoms with van der Waals surface area (Å²) in [4.78, 5) is 14.5. The first-order valence-corrected chi connectivity index (χ1v) is 10.6. The molecule has 2 aliphatic rings. The Hall–Kier alpha value is -3.56. The Balaban J connectivity index is 1.56. The fourth-order valence-corrected chi connectivity index (χ4v) is 4.24. The van der Waals surface area contributed by atoms with E-state index in [1.807, 2.05) is 4.90 Å². The predicted molar refractivity (Wildman–Crippen MR) is 121 cm³/mol. The molecule has 2 aliphatic heterocycles. The Bertz CT molecular complexity index is 1280. The van der Waals surface area contributed by atoms with Gasteiger partial charge in [0.15, 0.2) is 5.76 Å². The van der Waals surface area contributed by atoms with Gasteiger partial charge < -0.3 is 29.3 Å². The highest BCUT2D eigenvalue weighted by Gasteiger charge is 2.31. The number of aliphatic hydroxyl groups is 1. The van der Waals surface area contributed by atoms with E-state index in [0.29, 0.717) is 59.4 Å². The number of ether oxygens (including phenoxy) is 2. The second kappa shape index (κ2) is 8.42. The number of halogens is 2. The number of benzene rings is 2. The van der Waals surface area contributed by atoms with Crippen LogP contribution in [0.25, 0.3) is 22.5 Å². The highest BCUT2D eigenvalue weighted by molar-refractivity contribution is 6.38. The smallest absolute Gasteiger partial charge is 0.260 e. The van der Waals surface area contributed by atoms with Crippen molar-refractivity contribution < 1.29 is 28.3 Å². The summed E-state index contributed by atoms with van der Waals surface area (Å²) in [5.74, 6) is -1.18. The number of morpholine rings is 1. The topological polar surface area (TPSA) is 97.1 Å². The predicted octanol–water partition coefficient (Wildman–Crippen LogP) is 4.36. The first-order chi connectivity index (χ1) is 16.0. The first-order valence-electron chi connectivity index (χ1n) is 10.2. The number of aliphatic hydroxyl groups excluding tert-OH is 1. The molecule has 0 radical (unpaired) electrons. The molecule has 170 valence electrons. The molecule has 33 heavy (non-hydrogen) atoms. The van der Waals surface area contributed by atoms with Crippen molar-refractivity contribution in [1.29, 1.82) is 0 Å². The summed E-state index contributed by atoms with van der Waals surface area (Å²) in [6, 6.07) is 9.46. The van der Waals surface area contributed by atoms with Gasteiger partial charge in [-0.1, -0.05) is 17.7 Å². The Kier molecular flexibility index (Phi) is 5.43. The van der Waals surface area contributed by atoms with Crippen molar-refractivity contribution >= 4 is 40.2 Å². The van der Waals surface area contributed by atoms with Crippen LogP contribution in [-0.2, 0) is 9.53 Å². The minimum absolute atomic E-state index is 0.00729. The second-order valence-corrected chi connectivity index (χ2v) is 7.96. The molecule has 3 aromatic rings. The summed E-state index contributed by atoms with van der Waals surface area (Å²) in [5.41, 5.74) is 2.37. The average molecular weight is 472 g/mol. The average Bonchev–Trinajstić information content (AvgIpc) is 3.42. The molecule has 0 atom stereocenters. The van der Waals surface area contributed by atoms with E-state index in [4.69, 9.17) is 25.6 Å². The molecule has 5 rings (SSSR count). The normalized spacial score (nSPS) is 17.1. The SMILES string of the molecule is COc1cc(C(O)=C2C(=O)Nc3cc(Cl)c(-c4ccc(N5CCOCC5)c(F)c4)cc32)on1. The standard InChI is InChI=1S/C23H19ClFN3O5/c1-31-20-11-19(33-27-20)22(29)21-14-9-13(15(24)10-17(14)26-23(21)30)12-2-3-18(16(25)8-12)28-4-6-32-7-5-28/h2-3,8-11,29H,4-7H2,1H3,(H,26,30). The van der Waals surface area contributed by atoms with E-state index >= 15 is 0 Å². The maximum absolute atomic E-state index is 15.0. The zero-order chi connectivity index (χ0) is 23.1. The maximum atomic E-state index is 15.0. The largest absolute Gasteiger partial charge is 0.504 e. The van der Waals surface area contributed by atoms with Gasteiger partial charge in [-0.3, -0.25) is 4.79 Å². The highest BCUT2D eigenvalue weighted by Crippen LogP contribution is 2.42. The number of carbonyl (C=O) groups excluding carboxylic acids is 1. The number of nitrogens with zero attached hydrogens (tertiary/aromatic N) is 2. The summed E-state index contributed by atoms with van der Waals surface area (Å²) in [6.07, 6.45) is 0. The molecule has 2 aromatic carbocycles. The number of rotatable bonds is 4. The van der Waals surface area contributed by atoms with E-state index in [0.717, 1.165) is 0 Å². The zero-order valence-electron chi connectivity index (χ0n) is 17.5. The van der Waals surface area contributed by atoms with Crippen LogP contribution in [-0.4, -0.2) is 49.6 Å². The van der Waals surface area contributed by atoms with Crippen LogP contribution in [0.2, 0.25) is 5.02 Å². The minimum Gasteiger partial charge on any atom is -0.504 e. The van der Waals surface area contributed by atoms with Gasteiger partial charge in [-0.25, -0.2) is 4.39 Å². The molecule has 1 amide bonds. The number of amides is 1. The second-order valence-electron chi connectivity index (χ2n) is 7.55. The summed E-state index contributed by atoms with van der Waals surface area (Å²) >= 11 is 6.47. The lowest BCUT2D eigenvalue weighted by atomic mass is 9.97. The zero-order valence-corrected chi connectivity index (χ0v) is 18.3. The number of methoxy groups -OCH3 is 1. The van der Waals surface area contributed by atoms with Crippen molar-refractivity contribution in [1.82, 2.24) is 5.16 Å². The van der Waals surface area contributed by atoms with Gasteiger partial charge in [0.1, 0.15) is 5.82 Å². The van der Waals surface area contributed by atoms with Crippen LogP contribution in [0.4, 0.5) is 15.8 Å². The van der Waals surface area contributed by atoms with E-state index in [-0.39, 0.29) is 23.0 Å². The molecule has 0 aliphatic carbocycles. The van der Waals surface area contributed by atoms with E-state index in [1.165, 1.54) is 19.2 Å². The molecule has 0 unspecified atom stereocenters. The fourth-order valence-electron chi connectivity index (χ4n) is 3.97. The van der Waals surface area contributed by atoms with Crippen LogP contribution < -0.4 is 15.0 Å². The van der Waals surface area contributed by atoms with Gasteiger partial charge in [0.05, 0.1) is 48.4 Å². The lowest BCUT2D eigenvalue weighted by Crippen LogP contribution is -2.36. The lowest BCUT2D eigenvalue weighted by molar-refractivity contribution is -0.110. The van der Waals surface area contributed by atoms with Crippen LogP contribution in [0.3, 0.4) is 0 Å². The van der Waals surface area contributed by atoms with Crippen molar-refractivity contribution in [3.05, 3.63) is 58.6 Å². The molecule has 1 aromatic heterocycles. The third kappa shape index (κ3) is 3.79. The van der Waals surface area contributed by atoms with Crippen LogP contribution in [0.5, 0.6) is 5.88 Å². The Morgan fingerprint density at radius 2 is 2.00 bits per heavy atom. The van der Waals surface area contributed by atoms with Crippen LogP contribution in [0, 0.1) is 5.82 Å². The molecule has 10 heteroatoms. The first kappa shape index (κ1) is 21.3. The van der Waals surface area contributed by atoms with Crippen molar-refractivity contribution in [3.63, 3.8) is 0 Å². The lowest BCUT2D eigenvalue weighted by Gasteiger charge is -2.29. The van der Waals surface area contributed by atoms with Gasteiger partial charge in [0, 0.05) is 24.2 Å². The van der Waals surface area contributed by atoms with Crippen LogP contribution in [0.1, 0.15) is 11.3 Å². The molecule has 8 nitrogen and oxygen atoms in total. The monoisotopic (exact) mass is 471 g/mol. The molecule has 0 bridgehead atoms. The van der Waals surface area contributed by atoms with Crippen molar-refractivity contribution in [2.24, 2.45) is 0 Å². The van der Waals surface area contributed by atoms with E-state index in [1.54, 1.807) is 24.3 Å². The van der Waals surface area contributed by atoms with Gasteiger partial charge in [-0.05, 0) is 35.0 Å². The third-order valence-electron chi connectivity index (χ3n) is 5.63. The Labute approximate surface area is 193 Å². The van der Waals surface area contributed by atoms with Gasteiger partial charge in [-0.15, -0.1) is 0 Å². The van der Waals surface area contributed by atoms with E-state index < -0.39 is 11.7 Å². The summed E-state index contributed by atoms with van der Waals surface area (Å²) in [6.45, 7) is 2.33. The van der Waals surface area contributed by atoms with Gasteiger partial charge in [-0.2, -0.15) is 0 Å². The fraction of sp³-hybridized carbons (Fsp3) is 0.217. The molecule has 2 N–H and O–H groups in total. The van der Waals surface area contributed by atoms with E-state index in [9.17, 15) is 14.3 Å². The molecular formula is C23H19ClFN3O5. The maximum Gasteiger partial charge on any atom is 0.260 e. The molecule has 0 saturated carbocycles. The van der Waals surface area contributed by atoms with Crippen LogP contribution >= 0.6 is 11.6 Å². The molecule has 3 heterocycles. The molecule has 0 spiro atoms. The van der Waals surface area contributed by atoms with Crippen molar-refractivity contribution in [2.75, 3.05) is 43.6 Å². The molecule has 1 fully saturated rings. The van der Waals surface area contributed by atoms with Crippen molar-refractivity contribution in [2.45, 2.75) is 0 Å². The molecular weight excluding hydrogens is 453 g/mol. The number of hydrogen-bond acceptors (Lipinski definition) is 7. The van der Waals surface area contributed by atoms with Gasteiger partial charge in [0.25, 0.3) is 11.8 Å². The quantitative estimate of drug-likeness (QED) is 0.431. The van der Waals surface area contributed by atoms with Gasteiger partial charge in [0.2, 0.25) is 5.76 Å². The minimum atomic E-state index is -0.528. The van der Waals surface area contributed by atoms with Crippen molar-refractivity contribution in [3.8, 4) is 17.0 Å². The Morgan fingerprint density at radius 1 is 1.21 bits per heavy atom. The number of hydrogen-bond donors (Lipinski definition) is 2. The summed E-state index contributed by atoms with van der Waals surface area (Å²) < 4.78 is 30.3. The summed E-state index contributed by atoms with van der Waals surface area (Å²) in [7, 11) is 1.40. The number of aromatic nitrogens is 1. The van der Waals surface area contributed by atoms with Crippen LogP contribution in [0.15, 0.2) is 40.9 Å². The number of carbonyl (C=O) groups is 1. The number of nitrogens with one attached hydrogen (secondary N) is 1. The number of anilines is 2. The third-order valence-corrected chi connectivity index (χ3v) is 5.94. The van der Waals surface area contributed by atoms with E-state index in [2.05, 4.69) is 10.5 Å². The highest BCUT2D eigenvalue weighted by atomic mass is 35.5. The molecule has 1 saturated heterocycles. The Morgan fingerprint density at radius 3 is 2.70 bits per heavy atom. The van der Waals surface area contributed by atoms with Gasteiger partial charge >= 0.3 is 0 Å². The summed E-state index contributed by atoms with van der Waals surface area (Å²) in [5, 5.41) is 17.4.